The highest BCUT2D eigenvalue weighted by molar-refractivity contribution is 5.96. The van der Waals surface area contributed by atoms with Gasteiger partial charge in [-0.05, 0) is 38.3 Å². The molecular formula is C21H28N4O2. The van der Waals surface area contributed by atoms with Crippen molar-refractivity contribution in [2.24, 2.45) is 0 Å². The van der Waals surface area contributed by atoms with E-state index in [1.807, 2.05) is 24.0 Å². The molecule has 1 saturated heterocycles. The van der Waals surface area contributed by atoms with E-state index in [1.165, 1.54) is 5.56 Å². The topological polar surface area (TPSA) is 52.8 Å². The Hall–Kier alpha value is -2.18. The quantitative estimate of drug-likeness (QED) is 0.830. The third-order valence-corrected chi connectivity index (χ3v) is 5.67. The molecule has 6 nitrogen and oxygen atoms in total. The molecule has 0 aliphatic carbocycles. The van der Waals surface area contributed by atoms with E-state index in [0.717, 1.165) is 62.7 Å². The second-order valence-electron chi connectivity index (χ2n) is 7.77. The minimum absolute atomic E-state index is 0.217. The van der Waals surface area contributed by atoms with E-state index in [2.05, 4.69) is 40.1 Å². The molecule has 27 heavy (non-hydrogen) atoms. The summed E-state index contributed by atoms with van der Waals surface area (Å²) in [6, 6.07) is 10.6. The van der Waals surface area contributed by atoms with Gasteiger partial charge in [-0.1, -0.05) is 23.4 Å². The van der Waals surface area contributed by atoms with E-state index < -0.39 is 0 Å². The van der Waals surface area contributed by atoms with Crippen molar-refractivity contribution in [2.45, 2.75) is 39.3 Å². The summed E-state index contributed by atoms with van der Waals surface area (Å²) in [4.78, 5) is 19.7. The minimum atomic E-state index is 0.217. The first-order valence-corrected chi connectivity index (χ1v) is 9.87. The average Bonchev–Trinajstić information content (AvgIpc) is 3.08. The van der Waals surface area contributed by atoms with E-state index in [4.69, 9.17) is 4.52 Å². The van der Waals surface area contributed by atoms with Crippen molar-refractivity contribution in [3.63, 3.8) is 0 Å². The van der Waals surface area contributed by atoms with Crippen molar-refractivity contribution >= 4 is 11.6 Å². The number of rotatable bonds is 4. The number of aryl methyl sites for hydroxylation is 2. The van der Waals surface area contributed by atoms with Crippen LogP contribution in [0, 0.1) is 6.92 Å². The number of hydrogen-bond acceptors (Lipinski definition) is 5. The molecule has 2 aliphatic rings. The minimum Gasteiger partial charge on any atom is -0.360 e. The number of carbonyl (C=O) groups is 1. The van der Waals surface area contributed by atoms with Crippen molar-refractivity contribution in [2.75, 3.05) is 37.6 Å². The van der Waals surface area contributed by atoms with Crippen LogP contribution >= 0.6 is 0 Å². The number of benzene rings is 1. The van der Waals surface area contributed by atoms with E-state index in [0.29, 0.717) is 6.54 Å². The van der Waals surface area contributed by atoms with Gasteiger partial charge in [0.1, 0.15) is 0 Å². The van der Waals surface area contributed by atoms with Crippen LogP contribution in [0.15, 0.2) is 34.9 Å². The number of anilines is 1. The monoisotopic (exact) mass is 368 g/mol. The van der Waals surface area contributed by atoms with Crippen molar-refractivity contribution in [1.29, 1.82) is 0 Å². The number of fused-ring (bicyclic) bond motifs is 1. The summed E-state index contributed by atoms with van der Waals surface area (Å²) in [7, 11) is 0. The first kappa shape index (κ1) is 18.2. The second-order valence-corrected chi connectivity index (χ2v) is 7.77. The average molecular weight is 368 g/mol. The maximum atomic E-state index is 13.1. The fourth-order valence-electron chi connectivity index (χ4n) is 4.15. The molecule has 4 rings (SSSR count). The number of nitrogens with zero attached hydrogens (tertiary/aromatic N) is 4. The molecule has 2 aromatic rings. The van der Waals surface area contributed by atoms with Gasteiger partial charge in [0.15, 0.2) is 5.76 Å². The molecule has 1 amide bonds. The van der Waals surface area contributed by atoms with Crippen LogP contribution in [-0.2, 0) is 17.8 Å². The first-order chi connectivity index (χ1) is 13.1. The Morgan fingerprint density at radius 1 is 1.19 bits per heavy atom. The Morgan fingerprint density at radius 3 is 2.67 bits per heavy atom. The normalized spacial score (nSPS) is 21.3. The van der Waals surface area contributed by atoms with Crippen LogP contribution in [0.4, 0.5) is 5.69 Å². The molecule has 6 heteroatoms. The molecule has 0 saturated carbocycles. The van der Waals surface area contributed by atoms with E-state index in [1.54, 1.807) is 0 Å². The largest absolute Gasteiger partial charge is 0.360 e. The van der Waals surface area contributed by atoms with Crippen molar-refractivity contribution in [1.82, 2.24) is 15.0 Å². The molecule has 2 aliphatic heterocycles. The summed E-state index contributed by atoms with van der Waals surface area (Å²) < 4.78 is 5.32. The second kappa shape index (κ2) is 7.82. The number of para-hydroxylation sites is 1. The predicted octanol–water partition coefficient (Wildman–Crippen LogP) is 2.47. The molecule has 1 atom stereocenters. The van der Waals surface area contributed by atoms with Crippen LogP contribution in [0.1, 0.15) is 30.4 Å². The molecule has 1 aromatic carbocycles. The maximum Gasteiger partial charge on any atom is 0.241 e. The summed E-state index contributed by atoms with van der Waals surface area (Å²) in [6.45, 7) is 9.08. The Morgan fingerprint density at radius 2 is 1.93 bits per heavy atom. The van der Waals surface area contributed by atoms with E-state index in [-0.39, 0.29) is 11.9 Å². The van der Waals surface area contributed by atoms with E-state index in [9.17, 15) is 4.79 Å². The summed E-state index contributed by atoms with van der Waals surface area (Å²) >= 11 is 0. The molecule has 0 radical (unpaired) electrons. The van der Waals surface area contributed by atoms with Crippen molar-refractivity contribution in [3.8, 4) is 0 Å². The smallest absolute Gasteiger partial charge is 0.241 e. The molecule has 1 unspecified atom stereocenters. The number of hydrogen-bond donors (Lipinski definition) is 0. The van der Waals surface area contributed by atoms with Gasteiger partial charge < -0.3 is 9.42 Å². The Labute approximate surface area is 160 Å². The SMILES string of the molecule is Cc1cc(CN2CCN(CC(=O)N3c4ccccc4CCC3C)CC2)on1. The number of piperazine rings is 1. The number of amides is 1. The molecule has 0 bridgehead atoms. The van der Waals surface area contributed by atoms with Crippen molar-refractivity contribution in [3.05, 3.63) is 47.3 Å². The number of carbonyl (C=O) groups excluding carboxylic acids is 1. The third kappa shape index (κ3) is 4.06. The van der Waals surface area contributed by atoms with Gasteiger partial charge in [0, 0.05) is 44.0 Å². The Bertz CT molecular complexity index is 795. The van der Waals surface area contributed by atoms with Gasteiger partial charge in [-0.3, -0.25) is 14.6 Å². The van der Waals surface area contributed by atoms with Crippen LogP contribution in [0.2, 0.25) is 0 Å². The van der Waals surface area contributed by atoms with Gasteiger partial charge in [-0.25, -0.2) is 0 Å². The highest BCUT2D eigenvalue weighted by Crippen LogP contribution is 2.30. The molecule has 144 valence electrons. The van der Waals surface area contributed by atoms with Gasteiger partial charge >= 0.3 is 0 Å². The van der Waals surface area contributed by atoms with Crippen LogP contribution in [-0.4, -0.2) is 59.6 Å². The highest BCUT2D eigenvalue weighted by atomic mass is 16.5. The maximum absolute atomic E-state index is 13.1. The summed E-state index contributed by atoms with van der Waals surface area (Å²) in [5, 5.41) is 3.95. The lowest BCUT2D eigenvalue weighted by Gasteiger charge is -2.38. The van der Waals surface area contributed by atoms with Gasteiger partial charge in [-0.15, -0.1) is 0 Å². The fourth-order valence-corrected chi connectivity index (χ4v) is 4.15. The molecule has 0 spiro atoms. The predicted molar refractivity (Wildman–Crippen MR) is 105 cm³/mol. The summed E-state index contributed by atoms with van der Waals surface area (Å²) in [5.41, 5.74) is 3.31. The van der Waals surface area contributed by atoms with Gasteiger partial charge in [-0.2, -0.15) is 0 Å². The highest BCUT2D eigenvalue weighted by Gasteiger charge is 2.29. The van der Waals surface area contributed by atoms with E-state index >= 15 is 0 Å². The van der Waals surface area contributed by atoms with Crippen molar-refractivity contribution < 1.29 is 9.32 Å². The summed E-state index contributed by atoms with van der Waals surface area (Å²) in [6.07, 6.45) is 2.09. The lowest BCUT2D eigenvalue weighted by Crippen LogP contribution is -2.52. The lowest BCUT2D eigenvalue weighted by atomic mass is 9.96. The first-order valence-electron chi connectivity index (χ1n) is 9.87. The molecule has 1 fully saturated rings. The zero-order valence-corrected chi connectivity index (χ0v) is 16.2. The third-order valence-electron chi connectivity index (χ3n) is 5.67. The van der Waals surface area contributed by atoms with Crippen LogP contribution in [0.5, 0.6) is 0 Å². The lowest BCUT2D eigenvalue weighted by molar-refractivity contribution is -0.120. The fraction of sp³-hybridized carbons (Fsp3) is 0.524. The van der Waals surface area contributed by atoms with Crippen LogP contribution in [0.3, 0.4) is 0 Å². The van der Waals surface area contributed by atoms with Crippen LogP contribution in [0.25, 0.3) is 0 Å². The van der Waals surface area contributed by atoms with Gasteiger partial charge in [0.05, 0.1) is 18.8 Å². The van der Waals surface area contributed by atoms with Gasteiger partial charge in [0.2, 0.25) is 5.91 Å². The van der Waals surface area contributed by atoms with Gasteiger partial charge in [0.25, 0.3) is 0 Å². The molecule has 3 heterocycles. The standard InChI is InChI=1S/C21H28N4O2/c1-16-13-19(27-22-16)14-23-9-11-24(12-10-23)15-21(26)25-17(2)7-8-18-5-3-4-6-20(18)25/h3-6,13,17H,7-12,14-15H2,1-2H3. The molecular weight excluding hydrogens is 340 g/mol. The Balaban J connectivity index is 1.33. The zero-order chi connectivity index (χ0) is 18.8. The number of aromatic nitrogens is 1. The summed E-state index contributed by atoms with van der Waals surface area (Å²) in [5.74, 6) is 1.13. The van der Waals surface area contributed by atoms with Crippen LogP contribution < -0.4 is 4.90 Å². The molecule has 0 N–H and O–H groups in total. The molecule has 1 aromatic heterocycles. The Kier molecular flexibility index (Phi) is 5.27. The zero-order valence-electron chi connectivity index (χ0n) is 16.2.